The molecule has 0 fully saturated rings. The van der Waals surface area contributed by atoms with Crippen molar-refractivity contribution in [2.45, 2.75) is 38.2 Å². The molecule has 0 bridgehead atoms. The molecule has 8 heteroatoms. The molecule has 28 heavy (non-hydrogen) atoms. The van der Waals surface area contributed by atoms with Crippen LogP contribution in [0.1, 0.15) is 38.1 Å². The fraction of sp³-hybridized carbons (Fsp3) is 0.550. The number of esters is 1. The quantitative estimate of drug-likeness (QED) is 0.353. The van der Waals surface area contributed by atoms with E-state index in [1.54, 1.807) is 20.8 Å². The van der Waals surface area contributed by atoms with Crippen LogP contribution in [-0.2, 0) is 14.3 Å². The number of carbonyl (C=O) groups is 3. The Hall–Kier alpha value is -1.93. The maximum atomic E-state index is 14.1. The highest BCUT2D eigenvalue weighted by Gasteiger charge is 2.22. The van der Waals surface area contributed by atoms with E-state index in [0.29, 0.717) is 13.1 Å². The van der Waals surface area contributed by atoms with Crippen LogP contribution < -0.4 is 0 Å². The number of hydrogen-bond acceptors (Lipinski definition) is 6. The fourth-order valence-corrected chi connectivity index (χ4v) is 3.03. The van der Waals surface area contributed by atoms with E-state index in [1.807, 2.05) is 19.0 Å². The van der Waals surface area contributed by atoms with E-state index < -0.39 is 17.4 Å². The van der Waals surface area contributed by atoms with Gasteiger partial charge < -0.3 is 14.5 Å². The van der Waals surface area contributed by atoms with Crippen molar-refractivity contribution in [1.82, 2.24) is 9.80 Å². The number of Topliss-reactive ketones (excluding diaryl/α,β-unsaturated/α-hetero) is 1. The average molecular weight is 413 g/mol. The molecule has 0 saturated carbocycles. The third kappa shape index (κ3) is 8.84. The van der Waals surface area contributed by atoms with Crippen LogP contribution in [0.15, 0.2) is 23.1 Å². The Kier molecular flexibility index (Phi) is 9.10. The second-order valence-electron chi connectivity index (χ2n) is 7.70. The van der Waals surface area contributed by atoms with Gasteiger partial charge in [0.15, 0.2) is 5.78 Å². The Labute approximate surface area is 170 Å². The summed E-state index contributed by atoms with van der Waals surface area (Å²) in [5, 5.41) is 0. The predicted octanol–water partition coefficient (Wildman–Crippen LogP) is 2.85. The van der Waals surface area contributed by atoms with Crippen molar-refractivity contribution in [3.05, 3.63) is 29.6 Å². The maximum absolute atomic E-state index is 14.1. The molecule has 6 nitrogen and oxygen atoms in total. The van der Waals surface area contributed by atoms with E-state index in [9.17, 15) is 18.8 Å². The van der Waals surface area contributed by atoms with Gasteiger partial charge in [-0.05, 0) is 53.9 Å². The summed E-state index contributed by atoms with van der Waals surface area (Å²) in [4.78, 5) is 39.7. The molecule has 0 N–H and O–H groups in total. The molecule has 1 rings (SSSR count). The number of rotatable bonds is 9. The molecule has 0 aliphatic rings. The fourth-order valence-electron chi connectivity index (χ4n) is 2.21. The summed E-state index contributed by atoms with van der Waals surface area (Å²) < 4.78 is 19.4. The number of halogens is 1. The highest BCUT2D eigenvalue weighted by atomic mass is 32.2. The Morgan fingerprint density at radius 1 is 1.14 bits per heavy atom. The minimum atomic E-state index is -0.635. The number of nitrogens with zero attached hydrogens (tertiary/aromatic N) is 2. The van der Waals surface area contributed by atoms with E-state index in [-0.39, 0.29) is 34.4 Å². The van der Waals surface area contributed by atoms with Gasteiger partial charge in [-0.25, -0.2) is 4.39 Å². The third-order valence-electron chi connectivity index (χ3n) is 3.60. The number of carbonyl (C=O) groups excluding carboxylic acids is 3. The van der Waals surface area contributed by atoms with Gasteiger partial charge in [-0.1, -0.05) is 6.07 Å². The molecular weight excluding hydrogens is 383 g/mol. The molecule has 0 atom stereocenters. The van der Waals surface area contributed by atoms with Crippen molar-refractivity contribution in [3.8, 4) is 0 Å². The van der Waals surface area contributed by atoms with Crippen molar-refractivity contribution >= 4 is 29.4 Å². The van der Waals surface area contributed by atoms with Crippen molar-refractivity contribution in [2.24, 2.45) is 0 Å². The average Bonchev–Trinajstić information content (AvgIpc) is 2.55. The van der Waals surface area contributed by atoms with Gasteiger partial charge in [-0.15, -0.1) is 11.8 Å². The van der Waals surface area contributed by atoms with Gasteiger partial charge in [0.25, 0.3) is 0 Å². The van der Waals surface area contributed by atoms with Crippen LogP contribution in [0.3, 0.4) is 0 Å². The molecule has 1 aromatic carbocycles. The monoisotopic (exact) mass is 412 g/mol. The van der Waals surface area contributed by atoms with Gasteiger partial charge in [-0.3, -0.25) is 14.4 Å². The van der Waals surface area contributed by atoms with E-state index in [4.69, 9.17) is 4.74 Å². The molecule has 156 valence electrons. The molecule has 0 aromatic heterocycles. The largest absolute Gasteiger partial charge is 0.459 e. The number of ether oxygens (including phenoxy) is 1. The number of thioether (sulfide) groups is 1. The van der Waals surface area contributed by atoms with Crippen molar-refractivity contribution in [2.75, 3.05) is 39.5 Å². The van der Waals surface area contributed by atoms with Gasteiger partial charge >= 0.3 is 5.97 Å². The summed E-state index contributed by atoms with van der Waals surface area (Å²) in [6.45, 7) is 7.44. The topological polar surface area (TPSA) is 66.9 Å². The van der Waals surface area contributed by atoms with Gasteiger partial charge in [0.1, 0.15) is 18.0 Å². The Balaban J connectivity index is 2.77. The number of amides is 1. The molecule has 0 spiro atoms. The number of hydrogen-bond donors (Lipinski definition) is 0. The molecule has 0 aliphatic heterocycles. The number of ketones is 1. The smallest absolute Gasteiger partial charge is 0.326 e. The Bertz CT molecular complexity index is 717. The van der Waals surface area contributed by atoms with Crippen molar-refractivity contribution in [1.29, 1.82) is 0 Å². The first kappa shape index (κ1) is 24.1. The minimum Gasteiger partial charge on any atom is -0.459 e. The van der Waals surface area contributed by atoms with Crippen LogP contribution in [-0.4, -0.2) is 72.5 Å². The lowest BCUT2D eigenvalue weighted by Crippen LogP contribution is -2.42. The SMILES string of the molecule is CC(=O)c1ccc(SCC(=O)N(CCN(C)C)CC(=O)OC(C)(C)C)c(F)c1. The molecular formula is C20H29FN2O4S. The van der Waals surface area contributed by atoms with Crippen LogP contribution in [0.5, 0.6) is 0 Å². The highest BCUT2D eigenvalue weighted by molar-refractivity contribution is 8.00. The van der Waals surface area contributed by atoms with Gasteiger partial charge in [0.2, 0.25) is 5.91 Å². The van der Waals surface area contributed by atoms with E-state index in [0.717, 1.165) is 11.8 Å². The summed E-state index contributed by atoms with van der Waals surface area (Å²) in [5.74, 6) is -1.56. The van der Waals surface area contributed by atoms with Crippen LogP contribution in [0.2, 0.25) is 0 Å². The van der Waals surface area contributed by atoms with Crippen LogP contribution >= 0.6 is 11.8 Å². The number of benzene rings is 1. The predicted molar refractivity (Wildman–Crippen MR) is 108 cm³/mol. The minimum absolute atomic E-state index is 0.0213. The molecule has 1 amide bonds. The van der Waals surface area contributed by atoms with Crippen LogP contribution in [0.25, 0.3) is 0 Å². The molecule has 0 heterocycles. The van der Waals surface area contributed by atoms with Crippen LogP contribution in [0, 0.1) is 5.82 Å². The lowest BCUT2D eigenvalue weighted by atomic mass is 10.1. The normalized spacial score (nSPS) is 11.4. The van der Waals surface area contributed by atoms with Crippen molar-refractivity contribution in [3.63, 3.8) is 0 Å². The maximum Gasteiger partial charge on any atom is 0.326 e. The first-order valence-electron chi connectivity index (χ1n) is 8.96. The Morgan fingerprint density at radius 3 is 2.29 bits per heavy atom. The van der Waals surface area contributed by atoms with E-state index in [2.05, 4.69) is 0 Å². The summed E-state index contributed by atoms with van der Waals surface area (Å²) in [7, 11) is 3.74. The molecule has 1 aromatic rings. The van der Waals surface area contributed by atoms with E-state index in [1.165, 1.54) is 30.0 Å². The summed E-state index contributed by atoms with van der Waals surface area (Å²) in [5.41, 5.74) is -0.352. The standard InChI is InChI=1S/C20H29FN2O4S/c1-14(24)15-7-8-17(16(21)11-15)28-13-18(25)23(10-9-22(5)6)12-19(26)27-20(2,3)4/h7-8,11H,9-10,12-13H2,1-6H3. The zero-order valence-electron chi connectivity index (χ0n) is 17.4. The lowest BCUT2D eigenvalue weighted by molar-refractivity contribution is -0.158. The Morgan fingerprint density at radius 2 is 1.79 bits per heavy atom. The first-order valence-corrected chi connectivity index (χ1v) is 9.95. The molecule has 0 saturated heterocycles. The summed E-state index contributed by atoms with van der Waals surface area (Å²) in [6, 6.07) is 4.18. The van der Waals surface area contributed by atoms with E-state index >= 15 is 0 Å². The molecule has 0 radical (unpaired) electrons. The highest BCUT2D eigenvalue weighted by Crippen LogP contribution is 2.23. The van der Waals surface area contributed by atoms with Gasteiger partial charge in [-0.2, -0.15) is 0 Å². The van der Waals surface area contributed by atoms with Crippen LogP contribution in [0.4, 0.5) is 4.39 Å². The number of likely N-dealkylation sites (N-methyl/N-ethyl adjacent to an activating group) is 1. The zero-order chi connectivity index (χ0) is 21.5. The molecule has 0 aliphatic carbocycles. The molecule has 0 unspecified atom stereocenters. The summed E-state index contributed by atoms with van der Waals surface area (Å²) >= 11 is 1.04. The van der Waals surface area contributed by atoms with Gasteiger partial charge in [0.05, 0.1) is 5.75 Å². The lowest BCUT2D eigenvalue weighted by Gasteiger charge is -2.26. The first-order chi connectivity index (χ1) is 12.9. The third-order valence-corrected chi connectivity index (χ3v) is 4.63. The van der Waals surface area contributed by atoms with Gasteiger partial charge in [0, 0.05) is 23.5 Å². The second-order valence-corrected chi connectivity index (χ2v) is 8.71. The summed E-state index contributed by atoms with van der Waals surface area (Å²) in [6.07, 6.45) is 0. The van der Waals surface area contributed by atoms with Crippen molar-refractivity contribution < 1.29 is 23.5 Å². The zero-order valence-corrected chi connectivity index (χ0v) is 18.2. The second kappa shape index (κ2) is 10.6.